The Labute approximate surface area is 180 Å². The molecule has 1 fully saturated rings. The van der Waals surface area contributed by atoms with Gasteiger partial charge in [-0.2, -0.15) is 0 Å². The van der Waals surface area contributed by atoms with Crippen LogP contribution in [0, 0.1) is 10.1 Å². The largest absolute Gasteiger partial charge is 0.462 e. The Kier molecular flexibility index (Phi) is 6.02. The number of esters is 1. The van der Waals surface area contributed by atoms with Crippen LogP contribution in [0.2, 0.25) is 0 Å². The van der Waals surface area contributed by atoms with Gasteiger partial charge in [-0.3, -0.25) is 24.6 Å². The number of non-ortho nitro benzene ring substituents is 1. The summed E-state index contributed by atoms with van der Waals surface area (Å²) >= 11 is 1.09. The Bertz CT molecular complexity index is 1080. The van der Waals surface area contributed by atoms with E-state index >= 15 is 0 Å². The van der Waals surface area contributed by atoms with E-state index in [0.29, 0.717) is 4.90 Å². The minimum Gasteiger partial charge on any atom is -0.462 e. The second-order valence-electron chi connectivity index (χ2n) is 6.69. The van der Waals surface area contributed by atoms with Crippen molar-refractivity contribution in [2.24, 2.45) is 0 Å². The first kappa shape index (κ1) is 21.9. The smallest absolute Gasteiger partial charge is 0.341 e. The highest BCUT2D eigenvalue weighted by Crippen LogP contribution is 2.31. The van der Waals surface area contributed by atoms with E-state index in [2.05, 4.69) is 10.6 Å². The van der Waals surface area contributed by atoms with Crippen LogP contribution >= 0.6 is 11.3 Å². The third-order valence-corrected chi connectivity index (χ3v) is 5.45. The number of imide groups is 1. The van der Waals surface area contributed by atoms with Gasteiger partial charge in [0.05, 0.1) is 17.1 Å². The summed E-state index contributed by atoms with van der Waals surface area (Å²) < 4.78 is 4.92. The van der Waals surface area contributed by atoms with Crippen molar-refractivity contribution in [1.82, 2.24) is 10.2 Å². The Morgan fingerprint density at radius 2 is 2.06 bits per heavy atom. The van der Waals surface area contributed by atoms with Gasteiger partial charge in [0.15, 0.2) is 0 Å². The van der Waals surface area contributed by atoms with Crippen molar-refractivity contribution in [2.45, 2.75) is 19.4 Å². The Hall–Kier alpha value is -3.80. The zero-order valence-electron chi connectivity index (χ0n) is 16.5. The molecule has 0 radical (unpaired) electrons. The maximum absolute atomic E-state index is 12.9. The van der Waals surface area contributed by atoms with Crippen LogP contribution in [0.1, 0.15) is 29.8 Å². The minimum absolute atomic E-state index is 0.166. The molecular weight excluding hydrogens is 428 g/mol. The summed E-state index contributed by atoms with van der Waals surface area (Å²) in [6, 6.07) is 6.02. The molecule has 0 saturated carbocycles. The molecule has 1 aliphatic heterocycles. The van der Waals surface area contributed by atoms with Gasteiger partial charge in [-0.05, 0) is 30.9 Å². The van der Waals surface area contributed by atoms with Crippen molar-refractivity contribution in [1.29, 1.82) is 0 Å². The van der Waals surface area contributed by atoms with Crippen molar-refractivity contribution in [2.75, 3.05) is 18.5 Å². The average Bonchev–Trinajstić information content (AvgIpc) is 3.27. The molecule has 1 saturated heterocycles. The van der Waals surface area contributed by atoms with Crippen LogP contribution in [0.25, 0.3) is 0 Å². The summed E-state index contributed by atoms with van der Waals surface area (Å²) in [7, 11) is 0. The van der Waals surface area contributed by atoms with Crippen molar-refractivity contribution < 1.29 is 28.8 Å². The van der Waals surface area contributed by atoms with Crippen LogP contribution < -0.4 is 10.6 Å². The molecule has 162 valence electrons. The van der Waals surface area contributed by atoms with Crippen LogP contribution in [0.15, 0.2) is 35.7 Å². The Morgan fingerprint density at radius 3 is 2.74 bits per heavy atom. The van der Waals surface area contributed by atoms with E-state index in [1.807, 2.05) is 0 Å². The number of benzene rings is 1. The third kappa shape index (κ3) is 4.23. The number of nitrogens with zero attached hydrogens (tertiary/aromatic N) is 2. The van der Waals surface area contributed by atoms with Gasteiger partial charge in [0.2, 0.25) is 5.91 Å². The molecule has 1 aliphatic rings. The van der Waals surface area contributed by atoms with Gasteiger partial charge in [-0.15, -0.1) is 11.3 Å². The molecule has 31 heavy (non-hydrogen) atoms. The van der Waals surface area contributed by atoms with Crippen molar-refractivity contribution in [3.8, 4) is 0 Å². The molecule has 2 N–H and O–H groups in total. The zero-order chi connectivity index (χ0) is 22.8. The van der Waals surface area contributed by atoms with E-state index in [-0.39, 0.29) is 28.4 Å². The number of carbonyl (C=O) groups excluding carboxylic acids is 4. The van der Waals surface area contributed by atoms with Crippen molar-refractivity contribution in [3.05, 3.63) is 57.0 Å². The van der Waals surface area contributed by atoms with Crippen LogP contribution in [-0.4, -0.2) is 46.8 Å². The summed E-state index contributed by atoms with van der Waals surface area (Å²) in [5, 5.41) is 17.9. The van der Waals surface area contributed by atoms with E-state index in [0.717, 1.165) is 11.3 Å². The second kappa shape index (κ2) is 8.52. The third-order valence-electron chi connectivity index (χ3n) is 4.62. The summed E-state index contributed by atoms with van der Waals surface area (Å²) in [4.78, 5) is 60.9. The average molecular weight is 446 g/mol. The predicted octanol–water partition coefficient (Wildman–Crippen LogP) is 2.24. The number of urea groups is 1. The van der Waals surface area contributed by atoms with Crippen LogP contribution in [-0.2, 0) is 19.9 Å². The zero-order valence-corrected chi connectivity index (χ0v) is 17.4. The molecule has 3 rings (SSSR count). The van der Waals surface area contributed by atoms with Crippen LogP contribution in [0.3, 0.4) is 0 Å². The Balaban J connectivity index is 1.76. The van der Waals surface area contributed by atoms with Crippen LogP contribution in [0.5, 0.6) is 0 Å². The number of anilines is 1. The minimum atomic E-state index is -1.57. The molecule has 4 amide bonds. The normalized spacial score (nSPS) is 17.9. The molecule has 0 bridgehead atoms. The molecule has 0 aliphatic carbocycles. The van der Waals surface area contributed by atoms with Gasteiger partial charge in [-0.1, -0.05) is 12.1 Å². The molecule has 1 atom stereocenters. The van der Waals surface area contributed by atoms with Gasteiger partial charge in [0.25, 0.3) is 11.6 Å². The molecule has 1 aromatic heterocycles. The number of nitrogens with one attached hydrogen (secondary N) is 2. The van der Waals surface area contributed by atoms with E-state index in [9.17, 15) is 29.3 Å². The number of nitro groups is 1. The molecule has 1 aromatic carbocycles. The molecule has 1 unspecified atom stereocenters. The second-order valence-corrected chi connectivity index (χ2v) is 7.60. The highest BCUT2D eigenvalue weighted by atomic mass is 32.1. The number of nitro benzene ring substituents is 1. The number of carbonyl (C=O) groups is 4. The number of ether oxygens (including phenoxy) is 1. The predicted molar refractivity (Wildman–Crippen MR) is 110 cm³/mol. The molecular formula is C19H18N4O7S. The number of amides is 4. The van der Waals surface area contributed by atoms with Gasteiger partial charge in [0.1, 0.15) is 17.1 Å². The maximum atomic E-state index is 12.9. The number of rotatable bonds is 7. The van der Waals surface area contributed by atoms with Gasteiger partial charge in [-0.25, -0.2) is 9.59 Å². The fourth-order valence-corrected chi connectivity index (χ4v) is 3.84. The van der Waals surface area contributed by atoms with E-state index in [1.165, 1.54) is 37.3 Å². The van der Waals surface area contributed by atoms with Gasteiger partial charge >= 0.3 is 12.0 Å². The molecule has 2 heterocycles. The van der Waals surface area contributed by atoms with Crippen molar-refractivity contribution >= 4 is 45.8 Å². The molecule has 12 heteroatoms. The summed E-state index contributed by atoms with van der Waals surface area (Å²) in [6.45, 7) is 2.62. The first-order valence-corrected chi connectivity index (χ1v) is 9.99. The molecule has 11 nitrogen and oxygen atoms in total. The topological polar surface area (TPSA) is 148 Å². The van der Waals surface area contributed by atoms with E-state index in [4.69, 9.17) is 4.74 Å². The quantitative estimate of drug-likeness (QED) is 0.287. The highest BCUT2D eigenvalue weighted by molar-refractivity contribution is 7.14. The number of thiophene rings is 1. The first-order valence-electron chi connectivity index (χ1n) is 9.11. The lowest BCUT2D eigenvalue weighted by molar-refractivity contribution is -0.385. The van der Waals surface area contributed by atoms with E-state index < -0.39 is 40.8 Å². The SMILES string of the molecule is CCOC(=O)c1ccsc1NC(=O)CN1C(=O)NC(C)(c2cccc([N+](=O)[O-])c2)C1=O. The summed E-state index contributed by atoms with van der Waals surface area (Å²) in [5.41, 5.74) is -1.42. The lowest BCUT2D eigenvalue weighted by atomic mass is 9.91. The summed E-state index contributed by atoms with van der Waals surface area (Å²) in [6.07, 6.45) is 0. The highest BCUT2D eigenvalue weighted by Gasteiger charge is 2.49. The lowest BCUT2D eigenvalue weighted by Gasteiger charge is -2.22. The Morgan fingerprint density at radius 1 is 1.32 bits per heavy atom. The standard InChI is InChI=1S/C19H18N4O7S/c1-3-30-16(25)13-7-8-31-15(13)20-14(24)10-22-17(26)19(2,21-18(22)27)11-5-4-6-12(9-11)23(28)29/h4-9H,3,10H2,1-2H3,(H,20,24)(H,21,27). The lowest BCUT2D eigenvalue weighted by Crippen LogP contribution is -2.42. The van der Waals surface area contributed by atoms with Crippen molar-refractivity contribution in [3.63, 3.8) is 0 Å². The van der Waals surface area contributed by atoms with Gasteiger partial charge < -0.3 is 15.4 Å². The number of hydrogen-bond donors (Lipinski definition) is 2. The monoisotopic (exact) mass is 446 g/mol. The fraction of sp³-hybridized carbons (Fsp3) is 0.263. The van der Waals surface area contributed by atoms with Gasteiger partial charge in [0, 0.05) is 12.1 Å². The molecule has 0 spiro atoms. The maximum Gasteiger partial charge on any atom is 0.341 e. The summed E-state index contributed by atoms with van der Waals surface area (Å²) in [5.74, 6) is -2.03. The molecule has 2 aromatic rings. The fourth-order valence-electron chi connectivity index (χ4n) is 3.05. The number of hydrogen-bond acceptors (Lipinski definition) is 8. The van der Waals surface area contributed by atoms with Crippen LogP contribution in [0.4, 0.5) is 15.5 Å². The first-order chi connectivity index (χ1) is 14.7. The van der Waals surface area contributed by atoms with E-state index in [1.54, 1.807) is 12.3 Å².